The monoisotopic (exact) mass is 371 g/mol. The van der Waals surface area contributed by atoms with Crippen molar-refractivity contribution >= 4 is 5.91 Å². The summed E-state index contributed by atoms with van der Waals surface area (Å²) in [4.78, 5) is 11.9. The molecule has 0 bridgehead atoms. The molecule has 6 heteroatoms. The Morgan fingerprint density at radius 3 is 2.22 bits per heavy atom. The van der Waals surface area contributed by atoms with Crippen molar-refractivity contribution in [1.29, 1.82) is 0 Å². The summed E-state index contributed by atoms with van der Waals surface area (Å²) < 4.78 is 45.6. The summed E-state index contributed by atoms with van der Waals surface area (Å²) in [5.74, 6) is -0.479. The highest BCUT2D eigenvalue weighted by molar-refractivity contribution is 6.00. The van der Waals surface area contributed by atoms with Crippen molar-refractivity contribution in [1.82, 2.24) is 0 Å². The van der Waals surface area contributed by atoms with E-state index < -0.39 is 17.6 Å². The van der Waals surface area contributed by atoms with E-state index in [-0.39, 0.29) is 23.3 Å². The van der Waals surface area contributed by atoms with E-state index in [1.54, 1.807) is 0 Å². The SMILES string of the molecule is NC(=O)c1cc(OCc2ccccc2)ccc1-c1ccccc1C(F)(F)F. The second kappa shape index (κ2) is 7.53. The second-order valence-corrected chi connectivity index (χ2v) is 5.89. The third kappa shape index (κ3) is 4.28. The van der Waals surface area contributed by atoms with Gasteiger partial charge in [0.15, 0.2) is 0 Å². The summed E-state index contributed by atoms with van der Waals surface area (Å²) in [5.41, 5.74) is 5.48. The number of halogens is 3. The molecule has 0 fully saturated rings. The Bertz CT molecular complexity index is 953. The van der Waals surface area contributed by atoms with Crippen LogP contribution in [0.2, 0.25) is 0 Å². The third-order valence-electron chi connectivity index (χ3n) is 4.03. The van der Waals surface area contributed by atoms with Crippen LogP contribution in [0, 0.1) is 0 Å². The molecule has 0 aromatic heterocycles. The summed E-state index contributed by atoms with van der Waals surface area (Å²) in [7, 11) is 0. The number of alkyl halides is 3. The lowest BCUT2D eigenvalue weighted by Gasteiger charge is -2.16. The molecular formula is C21H16F3NO2. The van der Waals surface area contributed by atoms with Gasteiger partial charge in [0.2, 0.25) is 5.91 Å². The molecule has 3 rings (SSSR count). The molecule has 3 aromatic rings. The number of benzene rings is 3. The van der Waals surface area contributed by atoms with Gasteiger partial charge in [0.05, 0.1) is 11.1 Å². The number of ether oxygens (including phenoxy) is 1. The van der Waals surface area contributed by atoms with Crippen LogP contribution >= 0.6 is 0 Å². The normalized spacial score (nSPS) is 11.2. The van der Waals surface area contributed by atoms with Gasteiger partial charge < -0.3 is 10.5 Å². The van der Waals surface area contributed by atoms with Crippen LogP contribution in [0.15, 0.2) is 72.8 Å². The molecule has 1 amide bonds. The Hall–Kier alpha value is -3.28. The van der Waals surface area contributed by atoms with Gasteiger partial charge in [0, 0.05) is 0 Å². The average Bonchev–Trinajstić information content (AvgIpc) is 2.66. The molecule has 27 heavy (non-hydrogen) atoms. The topological polar surface area (TPSA) is 52.3 Å². The zero-order valence-electron chi connectivity index (χ0n) is 14.2. The minimum absolute atomic E-state index is 0.0303. The maximum absolute atomic E-state index is 13.3. The molecule has 3 aromatic carbocycles. The molecule has 0 aliphatic carbocycles. The number of hydrogen-bond acceptors (Lipinski definition) is 2. The average molecular weight is 371 g/mol. The highest BCUT2D eigenvalue weighted by Gasteiger charge is 2.34. The van der Waals surface area contributed by atoms with Crippen molar-refractivity contribution in [3.63, 3.8) is 0 Å². The Labute approximate surface area is 154 Å². The van der Waals surface area contributed by atoms with Crippen molar-refractivity contribution in [2.75, 3.05) is 0 Å². The summed E-state index contributed by atoms with van der Waals surface area (Å²) in [5, 5.41) is 0. The van der Waals surface area contributed by atoms with Crippen molar-refractivity contribution in [2.45, 2.75) is 12.8 Å². The Balaban J connectivity index is 1.97. The van der Waals surface area contributed by atoms with Crippen LogP contribution in [0.25, 0.3) is 11.1 Å². The zero-order chi connectivity index (χ0) is 19.4. The Morgan fingerprint density at radius 2 is 1.56 bits per heavy atom. The number of rotatable bonds is 5. The number of primary amides is 1. The van der Waals surface area contributed by atoms with E-state index in [1.807, 2.05) is 30.3 Å². The first-order valence-electron chi connectivity index (χ1n) is 8.13. The summed E-state index contributed by atoms with van der Waals surface area (Å²) in [6, 6.07) is 18.7. The van der Waals surface area contributed by atoms with Gasteiger partial charge in [-0.2, -0.15) is 13.2 Å². The first kappa shape index (κ1) is 18.5. The minimum atomic E-state index is -4.55. The van der Waals surface area contributed by atoms with E-state index in [9.17, 15) is 18.0 Å². The van der Waals surface area contributed by atoms with E-state index in [0.717, 1.165) is 11.6 Å². The molecule has 3 nitrogen and oxygen atoms in total. The van der Waals surface area contributed by atoms with Crippen LogP contribution < -0.4 is 10.5 Å². The summed E-state index contributed by atoms with van der Waals surface area (Å²) >= 11 is 0. The predicted molar refractivity (Wildman–Crippen MR) is 96.2 cm³/mol. The Kier molecular flexibility index (Phi) is 5.16. The third-order valence-corrected chi connectivity index (χ3v) is 4.03. The highest BCUT2D eigenvalue weighted by atomic mass is 19.4. The van der Waals surface area contributed by atoms with E-state index in [1.165, 1.54) is 36.4 Å². The molecule has 0 saturated heterocycles. The highest BCUT2D eigenvalue weighted by Crippen LogP contribution is 2.38. The van der Waals surface area contributed by atoms with Gasteiger partial charge in [0.25, 0.3) is 0 Å². The molecule has 138 valence electrons. The van der Waals surface area contributed by atoms with Gasteiger partial charge >= 0.3 is 6.18 Å². The van der Waals surface area contributed by atoms with Crippen molar-refractivity contribution < 1.29 is 22.7 Å². The number of hydrogen-bond donors (Lipinski definition) is 1. The lowest BCUT2D eigenvalue weighted by atomic mass is 9.94. The Morgan fingerprint density at radius 1 is 0.889 bits per heavy atom. The van der Waals surface area contributed by atoms with Gasteiger partial charge in [0.1, 0.15) is 12.4 Å². The van der Waals surface area contributed by atoms with Gasteiger partial charge in [-0.3, -0.25) is 4.79 Å². The minimum Gasteiger partial charge on any atom is -0.489 e. The van der Waals surface area contributed by atoms with E-state index in [4.69, 9.17) is 10.5 Å². The van der Waals surface area contributed by atoms with Crippen LogP contribution in [-0.2, 0) is 12.8 Å². The van der Waals surface area contributed by atoms with E-state index in [0.29, 0.717) is 5.75 Å². The maximum atomic E-state index is 13.3. The fraction of sp³-hybridized carbons (Fsp3) is 0.0952. The van der Waals surface area contributed by atoms with Crippen LogP contribution in [0.3, 0.4) is 0 Å². The summed E-state index contributed by atoms with van der Waals surface area (Å²) in [6.07, 6.45) is -4.55. The van der Waals surface area contributed by atoms with Crippen LogP contribution in [0.4, 0.5) is 13.2 Å². The number of carbonyl (C=O) groups excluding carboxylic acids is 1. The first-order valence-corrected chi connectivity index (χ1v) is 8.13. The van der Waals surface area contributed by atoms with Crippen molar-refractivity contribution in [3.8, 4) is 16.9 Å². The fourth-order valence-electron chi connectivity index (χ4n) is 2.76. The summed E-state index contributed by atoms with van der Waals surface area (Å²) in [6.45, 7) is 0.261. The number of amides is 1. The molecule has 0 radical (unpaired) electrons. The molecule has 0 aliphatic rings. The zero-order valence-corrected chi connectivity index (χ0v) is 14.2. The van der Waals surface area contributed by atoms with Crippen molar-refractivity contribution in [2.24, 2.45) is 5.73 Å². The molecule has 0 unspecified atom stereocenters. The van der Waals surface area contributed by atoms with E-state index >= 15 is 0 Å². The van der Waals surface area contributed by atoms with Gasteiger partial charge in [-0.15, -0.1) is 0 Å². The molecule has 0 heterocycles. The molecule has 0 spiro atoms. The lowest BCUT2D eigenvalue weighted by molar-refractivity contribution is -0.137. The standard InChI is InChI=1S/C21H16F3NO2/c22-21(23,24)19-9-5-4-8-17(19)16-11-10-15(12-18(16)20(25)26)27-13-14-6-2-1-3-7-14/h1-12H,13H2,(H2,25,26). The molecule has 2 N–H and O–H groups in total. The smallest absolute Gasteiger partial charge is 0.417 e. The van der Waals surface area contributed by atoms with Crippen molar-refractivity contribution in [3.05, 3.63) is 89.5 Å². The number of nitrogens with two attached hydrogens (primary N) is 1. The second-order valence-electron chi connectivity index (χ2n) is 5.89. The van der Waals surface area contributed by atoms with Gasteiger partial charge in [-0.25, -0.2) is 0 Å². The lowest BCUT2D eigenvalue weighted by Crippen LogP contribution is -2.14. The predicted octanol–water partition coefficient (Wildman–Crippen LogP) is 5.05. The maximum Gasteiger partial charge on any atom is 0.417 e. The molecule has 0 atom stereocenters. The largest absolute Gasteiger partial charge is 0.489 e. The molecular weight excluding hydrogens is 355 g/mol. The number of carbonyl (C=O) groups is 1. The fourth-order valence-corrected chi connectivity index (χ4v) is 2.76. The molecule has 0 saturated carbocycles. The van der Waals surface area contributed by atoms with Crippen LogP contribution in [-0.4, -0.2) is 5.91 Å². The van der Waals surface area contributed by atoms with Crippen LogP contribution in [0.5, 0.6) is 5.75 Å². The quantitative estimate of drug-likeness (QED) is 0.682. The van der Waals surface area contributed by atoms with Gasteiger partial charge in [-0.1, -0.05) is 48.5 Å². The van der Waals surface area contributed by atoms with Crippen LogP contribution in [0.1, 0.15) is 21.5 Å². The van der Waals surface area contributed by atoms with Gasteiger partial charge in [-0.05, 0) is 41.0 Å². The first-order chi connectivity index (χ1) is 12.9. The molecule has 0 aliphatic heterocycles. The van der Waals surface area contributed by atoms with E-state index in [2.05, 4.69) is 0 Å².